The van der Waals surface area contributed by atoms with Gasteiger partial charge in [0.25, 0.3) is 0 Å². The van der Waals surface area contributed by atoms with E-state index >= 15 is 0 Å². The van der Waals surface area contributed by atoms with Gasteiger partial charge in [0.2, 0.25) is 15.9 Å². The molecule has 1 saturated heterocycles. The van der Waals surface area contributed by atoms with E-state index in [4.69, 9.17) is 16.3 Å². The summed E-state index contributed by atoms with van der Waals surface area (Å²) in [6.07, 6.45) is 1.91. The lowest BCUT2D eigenvalue weighted by Crippen LogP contribution is -2.31. The van der Waals surface area contributed by atoms with E-state index in [1.807, 2.05) is 24.3 Å². The van der Waals surface area contributed by atoms with Crippen LogP contribution >= 0.6 is 11.6 Å². The summed E-state index contributed by atoms with van der Waals surface area (Å²) in [7, 11) is -3.56. The maximum atomic E-state index is 12.7. The Kier molecular flexibility index (Phi) is 4.52. The molecule has 6 nitrogen and oxygen atoms in total. The summed E-state index contributed by atoms with van der Waals surface area (Å²) in [5.74, 6) is 0.402. The number of halogens is 1. The lowest BCUT2D eigenvalue weighted by atomic mass is 10.3. The third-order valence-corrected chi connectivity index (χ3v) is 6.40. The molecule has 0 N–H and O–H groups in total. The minimum absolute atomic E-state index is 0.230. The average molecular weight is 390 g/mol. The molecule has 134 valence electrons. The SMILES string of the molecule is O=S(=O)(c1ccc(Cl)cc1)N1CCC(Oc2cnc3ccccc3n2)C1. The first-order valence-corrected chi connectivity index (χ1v) is 9.98. The van der Waals surface area contributed by atoms with E-state index in [1.165, 1.54) is 16.4 Å². The van der Waals surface area contributed by atoms with Gasteiger partial charge in [-0.3, -0.25) is 0 Å². The molecular formula is C18H16ClN3O3S. The number of hydrogen-bond donors (Lipinski definition) is 0. The molecular weight excluding hydrogens is 374 g/mol. The van der Waals surface area contributed by atoms with Crippen molar-refractivity contribution in [1.82, 2.24) is 14.3 Å². The molecule has 0 amide bonds. The Labute approximate surface area is 156 Å². The van der Waals surface area contributed by atoms with Crippen LogP contribution in [-0.4, -0.2) is 41.9 Å². The number of benzene rings is 2. The van der Waals surface area contributed by atoms with Gasteiger partial charge in [-0.1, -0.05) is 23.7 Å². The van der Waals surface area contributed by atoms with Crippen LogP contribution in [0.15, 0.2) is 59.6 Å². The van der Waals surface area contributed by atoms with Crippen molar-refractivity contribution in [3.63, 3.8) is 0 Å². The Balaban J connectivity index is 1.48. The molecule has 0 bridgehead atoms. The molecule has 1 aliphatic rings. The summed E-state index contributed by atoms with van der Waals surface area (Å²) in [5, 5.41) is 0.501. The molecule has 1 atom stereocenters. The molecule has 0 aliphatic carbocycles. The van der Waals surface area contributed by atoms with Crippen molar-refractivity contribution in [3.05, 3.63) is 59.8 Å². The van der Waals surface area contributed by atoms with Gasteiger partial charge >= 0.3 is 0 Å². The molecule has 4 rings (SSSR count). The first kappa shape index (κ1) is 17.2. The molecule has 8 heteroatoms. The smallest absolute Gasteiger partial charge is 0.243 e. The van der Waals surface area contributed by atoms with E-state index in [0.717, 1.165) is 11.0 Å². The highest BCUT2D eigenvalue weighted by atomic mass is 35.5. The molecule has 0 spiro atoms. The summed E-state index contributed by atoms with van der Waals surface area (Å²) in [4.78, 5) is 8.97. The van der Waals surface area contributed by atoms with E-state index in [1.54, 1.807) is 18.3 Å². The predicted molar refractivity (Wildman–Crippen MR) is 98.8 cm³/mol. The number of para-hydroxylation sites is 2. The second-order valence-corrected chi connectivity index (χ2v) is 8.42. The average Bonchev–Trinajstić information content (AvgIpc) is 3.11. The number of ether oxygens (including phenoxy) is 1. The second-order valence-electron chi connectivity index (χ2n) is 6.04. The van der Waals surface area contributed by atoms with Crippen LogP contribution in [0, 0.1) is 0 Å². The zero-order valence-corrected chi connectivity index (χ0v) is 15.3. The Morgan fingerprint density at radius 2 is 1.81 bits per heavy atom. The maximum absolute atomic E-state index is 12.7. The van der Waals surface area contributed by atoms with Crippen molar-refractivity contribution < 1.29 is 13.2 Å². The van der Waals surface area contributed by atoms with Crippen LogP contribution in [0.2, 0.25) is 5.02 Å². The first-order valence-electron chi connectivity index (χ1n) is 8.16. The van der Waals surface area contributed by atoms with Crippen LogP contribution in [0.25, 0.3) is 11.0 Å². The Morgan fingerprint density at radius 3 is 2.58 bits per heavy atom. The number of hydrogen-bond acceptors (Lipinski definition) is 5. The largest absolute Gasteiger partial charge is 0.472 e. The highest BCUT2D eigenvalue weighted by molar-refractivity contribution is 7.89. The van der Waals surface area contributed by atoms with Crippen LogP contribution in [0.1, 0.15) is 6.42 Å². The fourth-order valence-corrected chi connectivity index (χ4v) is 4.55. The number of fused-ring (bicyclic) bond motifs is 1. The molecule has 1 aromatic heterocycles. The fourth-order valence-electron chi connectivity index (χ4n) is 2.94. The van der Waals surface area contributed by atoms with Crippen LogP contribution < -0.4 is 4.74 Å². The summed E-state index contributed by atoms with van der Waals surface area (Å²) < 4.78 is 32.7. The summed E-state index contributed by atoms with van der Waals surface area (Å²) in [6, 6.07) is 13.7. The van der Waals surface area contributed by atoms with Crippen molar-refractivity contribution >= 4 is 32.7 Å². The topological polar surface area (TPSA) is 72.4 Å². The minimum atomic E-state index is -3.56. The summed E-state index contributed by atoms with van der Waals surface area (Å²) in [5.41, 5.74) is 1.53. The van der Waals surface area contributed by atoms with Crippen LogP contribution in [0.5, 0.6) is 5.88 Å². The molecule has 2 aromatic carbocycles. The predicted octanol–water partition coefficient (Wildman–Crippen LogP) is 3.13. The lowest BCUT2D eigenvalue weighted by Gasteiger charge is -2.17. The Bertz CT molecular complexity index is 1040. The zero-order chi connectivity index (χ0) is 18.1. The number of rotatable bonds is 4. The fraction of sp³-hybridized carbons (Fsp3) is 0.222. The monoisotopic (exact) mass is 389 g/mol. The van der Waals surface area contributed by atoms with Crippen molar-refractivity contribution in [3.8, 4) is 5.88 Å². The van der Waals surface area contributed by atoms with Gasteiger partial charge in [-0.25, -0.2) is 18.4 Å². The van der Waals surface area contributed by atoms with Crippen molar-refractivity contribution in [2.75, 3.05) is 13.1 Å². The minimum Gasteiger partial charge on any atom is -0.472 e. The van der Waals surface area contributed by atoms with Gasteiger partial charge in [-0.05, 0) is 42.8 Å². The van der Waals surface area contributed by atoms with Gasteiger partial charge in [0.15, 0.2) is 0 Å². The summed E-state index contributed by atoms with van der Waals surface area (Å²) >= 11 is 5.84. The number of sulfonamides is 1. The molecule has 2 heterocycles. The van der Waals surface area contributed by atoms with Crippen molar-refractivity contribution in [2.45, 2.75) is 17.4 Å². The Morgan fingerprint density at radius 1 is 1.08 bits per heavy atom. The molecule has 1 unspecified atom stereocenters. The molecule has 1 fully saturated rings. The molecule has 26 heavy (non-hydrogen) atoms. The van der Waals surface area contributed by atoms with E-state index < -0.39 is 10.0 Å². The van der Waals surface area contributed by atoms with E-state index in [2.05, 4.69) is 9.97 Å². The van der Waals surface area contributed by atoms with Crippen molar-refractivity contribution in [2.24, 2.45) is 0 Å². The van der Waals surface area contributed by atoms with Gasteiger partial charge in [0.1, 0.15) is 6.10 Å². The summed E-state index contributed by atoms with van der Waals surface area (Å²) in [6.45, 7) is 0.677. The molecule has 0 saturated carbocycles. The van der Waals surface area contributed by atoms with Gasteiger partial charge in [-0.2, -0.15) is 4.31 Å². The van der Waals surface area contributed by atoms with Crippen LogP contribution in [0.4, 0.5) is 0 Å². The van der Waals surface area contributed by atoms with E-state index in [0.29, 0.717) is 23.9 Å². The quantitative estimate of drug-likeness (QED) is 0.685. The maximum Gasteiger partial charge on any atom is 0.243 e. The normalized spacial score (nSPS) is 18.3. The number of aromatic nitrogens is 2. The van der Waals surface area contributed by atoms with E-state index in [9.17, 15) is 8.42 Å². The van der Waals surface area contributed by atoms with Gasteiger partial charge in [0.05, 0.1) is 28.7 Å². The van der Waals surface area contributed by atoms with Crippen LogP contribution in [-0.2, 0) is 10.0 Å². The van der Waals surface area contributed by atoms with Gasteiger partial charge in [0, 0.05) is 11.6 Å². The van der Waals surface area contributed by atoms with Gasteiger partial charge in [-0.15, -0.1) is 0 Å². The third-order valence-electron chi connectivity index (χ3n) is 4.27. The van der Waals surface area contributed by atoms with Crippen molar-refractivity contribution in [1.29, 1.82) is 0 Å². The molecule has 0 radical (unpaired) electrons. The second kappa shape index (κ2) is 6.83. The first-order chi connectivity index (χ1) is 12.5. The van der Waals surface area contributed by atoms with Gasteiger partial charge < -0.3 is 4.74 Å². The lowest BCUT2D eigenvalue weighted by molar-refractivity contribution is 0.207. The molecule has 1 aliphatic heterocycles. The van der Waals surface area contributed by atoms with E-state index in [-0.39, 0.29) is 17.5 Å². The zero-order valence-electron chi connectivity index (χ0n) is 13.7. The standard InChI is InChI=1S/C18H16ClN3O3S/c19-13-5-7-15(8-6-13)26(23,24)22-10-9-14(12-22)25-18-11-20-16-3-1-2-4-17(16)21-18/h1-8,11,14H,9-10,12H2. The van der Waals surface area contributed by atoms with Crippen LogP contribution in [0.3, 0.4) is 0 Å². The molecule has 3 aromatic rings. The third kappa shape index (κ3) is 3.38. The number of nitrogens with zero attached hydrogens (tertiary/aromatic N) is 3. The highest BCUT2D eigenvalue weighted by Crippen LogP contribution is 2.25. The highest BCUT2D eigenvalue weighted by Gasteiger charge is 2.33. The Hall–Kier alpha value is -2.22.